The monoisotopic (exact) mass is 249 g/mol. The summed E-state index contributed by atoms with van der Waals surface area (Å²) in [6.07, 6.45) is 2.92. The van der Waals surface area contributed by atoms with Gasteiger partial charge in [-0.05, 0) is 19.1 Å². The molecule has 5 nitrogen and oxygen atoms in total. The molecule has 2 rings (SSSR count). The first-order valence-corrected chi connectivity index (χ1v) is 5.98. The summed E-state index contributed by atoms with van der Waals surface area (Å²) >= 11 is 1.35. The smallest absolute Gasteiger partial charge is 0.436 e. The molecule has 0 unspecified atom stereocenters. The lowest BCUT2D eigenvalue weighted by molar-refractivity contribution is 0.162. The van der Waals surface area contributed by atoms with Crippen LogP contribution >= 0.6 is 11.3 Å². The maximum atomic E-state index is 11.3. The Hall–Kier alpha value is -1.95. The fourth-order valence-electron chi connectivity index (χ4n) is 1.26. The van der Waals surface area contributed by atoms with Crippen molar-refractivity contribution in [1.82, 2.24) is 9.55 Å². The largest absolute Gasteiger partial charge is 0.448 e. The molecular formula is C11H11N3O2S. The SMILES string of the molecule is CCOC(=O)/N=c1\sccn1-c1ccccn1. The van der Waals surface area contributed by atoms with Crippen molar-refractivity contribution < 1.29 is 9.53 Å². The predicted molar refractivity (Wildman–Crippen MR) is 64.0 cm³/mol. The van der Waals surface area contributed by atoms with Gasteiger partial charge < -0.3 is 4.74 Å². The van der Waals surface area contributed by atoms with E-state index in [2.05, 4.69) is 9.98 Å². The quantitative estimate of drug-likeness (QED) is 0.817. The van der Waals surface area contributed by atoms with Crippen LogP contribution in [0.3, 0.4) is 0 Å². The van der Waals surface area contributed by atoms with Crippen LogP contribution < -0.4 is 4.80 Å². The van der Waals surface area contributed by atoms with Gasteiger partial charge >= 0.3 is 6.09 Å². The van der Waals surface area contributed by atoms with Crippen LogP contribution in [0.1, 0.15) is 6.92 Å². The molecule has 0 fully saturated rings. The van der Waals surface area contributed by atoms with Crippen LogP contribution in [0.4, 0.5) is 4.79 Å². The number of pyridine rings is 1. The Kier molecular flexibility index (Phi) is 3.66. The van der Waals surface area contributed by atoms with Crippen LogP contribution in [0, 0.1) is 0 Å². The van der Waals surface area contributed by atoms with Crippen molar-refractivity contribution in [2.24, 2.45) is 4.99 Å². The predicted octanol–water partition coefficient (Wildman–Crippen LogP) is 1.99. The molecule has 17 heavy (non-hydrogen) atoms. The van der Waals surface area contributed by atoms with Gasteiger partial charge in [0.1, 0.15) is 5.82 Å². The van der Waals surface area contributed by atoms with Crippen LogP contribution in [0.2, 0.25) is 0 Å². The molecule has 0 atom stereocenters. The van der Waals surface area contributed by atoms with Crippen molar-refractivity contribution >= 4 is 17.4 Å². The fraction of sp³-hybridized carbons (Fsp3) is 0.182. The fourth-order valence-corrected chi connectivity index (χ4v) is 1.96. The van der Waals surface area contributed by atoms with Crippen LogP contribution in [0.15, 0.2) is 41.0 Å². The third-order valence-corrected chi connectivity index (χ3v) is 2.70. The van der Waals surface area contributed by atoms with Crippen molar-refractivity contribution in [3.63, 3.8) is 0 Å². The van der Waals surface area contributed by atoms with Gasteiger partial charge in [0.2, 0.25) is 4.80 Å². The van der Waals surface area contributed by atoms with E-state index in [1.54, 1.807) is 17.7 Å². The van der Waals surface area contributed by atoms with Crippen molar-refractivity contribution in [3.05, 3.63) is 40.8 Å². The number of hydrogen-bond donors (Lipinski definition) is 0. The van der Waals surface area contributed by atoms with Crippen LogP contribution in [-0.4, -0.2) is 22.3 Å². The average molecular weight is 249 g/mol. The Morgan fingerprint density at radius 3 is 3.18 bits per heavy atom. The molecule has 0 aliphatic heterocycles. The summed E-state index contributed by atoms with van der Waals surface area (Å²) < 4.78 is 6.51. The molecule has 1 amide bonds. The van der Waals surface area contributed by atoms with Gasteiger partial charge in [-0.2, -0.15) is 0 Å². The molecule has 0 bridgehead atoms. The molecule has 0 radical (unpaired) electrons. The highest BCUT2D eigenvalue weighted by Gasteiger charge is 2.02. The van der Waals surface area contributed by atoms with Gasteiger partial charge in [0.15, 0.2) is 0 Å². The zero-order chi connectivity index (χ0) is 12.1. The molecule has 2 aromatic rings. The van der Waals surface area contributed by atoms with E-state index in [1.807, 2.05) is 29.8 Å². The first kappa shape index (κ1) is 11.5. The van der Waals surface area contributed by atoms with E-state index in [9.17, 15) is 4.79 Å². The van der Waals surface area contributed by atoms with Crippen molar-refractivity contribution in [2.75, 3.05) is 6.61 Å². The summed E-state index contributed by atoms with van der Waals surface area (Å²) in [5.41, 5.74) is 0. The van der Waals surface area contributed by atoms with Gasteiger partial charge in [-0.1, -0.05) is 6.07 Å². The molecule has 6 heteroatoms. The maximum Gasteiger partial charge on any atom is 0.436 e. The van der Waals surface area contributed by atoms with Crippen LogP contribution in [0.25, 0.3) is 5.82 Å². The van der Waals surface area contributed by atoms with Crippen molar-refractivity contribution in [2.45, 2.75) is 6.92 Å². The Labute approximate surface area is 102 Å². The summed E-state index contributed by atoms with van der Waals surface area (Å²) in [6.45, 7) is 2.06. The number of nitrogens with zero attached hydrogens (tertiary/aromatic N) is 3. The molecule has 2 aromatic heterocycles. The van der Waals surface area contributed by atoms with E-state index in [0.29, 0.717) is 11.4 Å². The highest BCUT2D eigenvalue weighted by molar-refractivity contribution is 7.07. The third-order valence-electron chi connectivity index (χ3n) is 1.94. The summed E-state index contributed by atoms with van der Waals surface area (Å²) in [5, 5.41) is 1.84. The molecule has 0 saturated carbocycles. The molecule has 0 aliphatic rings. The number of hydrogen-bond acceptors (Lipinski definition) is 4. The van der Waals surface area contributed by atoms with Gasteiger partial charge in [0, 0.05) is 17.8 Å². The number of aromatic nitrogens is 2. The normalized spacial score (nSPS) is 11.5. The zero-order valence-electron chi connectivity index (χ0n) is 9.24. The van der Waals surface area contributed by atoms with E-state index in [-0.39, 0.29) is 0 Å². The Bertz CT molecular complexity index is 559. The summed E-state index contributed by atoms with van der Waals surface area (Å²) in [5.74, 6) is 0.719. The van der Waals surface area contributed by atoms with Crippen LogP contribution in [-0.2, 0) is 4.74 Å². The minimum Gasteiger partial charge on any atom is -0.448 e. The van der Waals surface area contributed by atoms with Crippen LogP contribution in [0.5, 0.6) is 0 Å². The number of carbonyl (C=O) groups is 1. The number of ether oxygens (including phenoxy) is 1. The number of thiazole rings is 1. The molecule has 0 aromatic carbocycles. The lowest BCUT2D eigenvalue weighted by Crippen LogP contribution is -2.15. The zero-order valence-corrected chi connectivity index (χ0v) is 10.1. The highest BCUT2D eigenvalue weighted by atomic mass is 32.1. The van der Waals surface area contributed by atoms with Gasteiger partial charge in [-0.3, -0.25) is 4.57 Å². The number of amides is 1. The summed E-state index contributed by atoms with van der Waals surface area (Å²) in [6, 6.07) is 5.55. The Morgan fingerprint density at radius 1 is 1.59 bits per heavy atom. The molecule has 0 spiro atoms. The van der Waals surface area contributed by atoms with Gasteiger partial charge in [-0.25, -0.2) is 9.78 Å². The second-order valence-electron chi connectivity index (χ2n) is 3.05. The molecule has 0 N–H and O–H groups in total. The van der Waals surface area contributed by atoms with E-state index >= 15 is 0 Å². The lowest BCUT2D eigenvalue weighted by atomic mass is 10.5. The average Bonchev–Trinajstić information content (AvgIpc) is 2.78. The van der Waals surface area contributed by atoms with Crippen molar-refractivity contribution in [1.29, 1.82) is 0 Å². The maximum absolute atomic E-state index is 11.3. The first-order valence-electron chi connectivity index (χ1n) is 5.10. The second-order valence-corrected chi connectivity index (χ2v) is 3.93. The minimum atomic E-state index is -0.584. The summed E-state index contributed by atoms with van der Waals surface area (Å²) in [4.78, 5) is 19.9. The topological polar surface area (TPSA) is 56.5 Å². The molecule has 0 aliphatic carbocycles. The van der Waals surface area contributed by atoms with E-state index < -0.39 is 6.09 Å². The van der Waals surface area contributed by atoms with Crippen molar-refractivity contribution in [3.8, 4) is 5.82 Å². The van der Waals surface area contributed by atoms with Gasteiger partial charge in [-0.15, -0.1) is 16.3 Å². The molecule has 88 valence electrons. The number of carbonyl (C=O) groups excluding carboxylic acids is 1. The van der Waals surface area contributed by atoms with Gasteiger partial charge in [0.05, 0.1) is 6.61 Å². The van der Waals surface area contributed by atoms with E-state index in [1.165, 1.54) is 11.3 Å². The summed E-state index contributed by atoms with van der Waals surface area (Å²) in [7, 11) is 0. The lowest BCUT2D eigenvalue weighted by Gasteiger charge is -2.00. The molecular weight excluding hydrogens is 238 g/mol. The van der Waals surface area contributed by atoms with E-state index in [0.717, 1.165) is 5.82 Å². The number of rotatable bonds is 2. The minimum absolute atomic E-state index is 0.317. The second kappa shape index (κ2) is 5.40. The Morgan fingerprint density at radius 2 is 2.47 bits per heavy atom. The van der Waals surface area contributed by atoms with E-state index in [4.69, 9.17) is 4.74 Å². The molecule has 2 heterocycles. The standard InChI is InChI=1S/C11H11N3O2S/c1-2-16-11(15)13-10-14(7-8-17-10)9-5-3-4-6-12-9/h3-8H,2H2,1H3/b13-10-. The molecule has 0 saturated heterocycles. The first-order chi connectivity index (χ1) is 8.31. The third kappa shape index (κ3) is 2.79. The Balaban J connectivity index is 2.39. The highest BCUT2D eigenvalue weighted by Crippen LogP contribution is 2.01. The van der Waals surface area contributed by atoms with Gasteiger partial charge in [0.25, 0.3) is 0 Å².